The van der Waals surface area contributed by atoms with Crippen LogP contribution in [0.15, 0.2) is 82.0 Å². The molecule has 1 heterocycles. The van der Waals surface area contributed by atoms with Crippen LogP contribution in [0.4, 0.5) is 0 Å². The van der Waals surface area contributed by atoms with E-state index < -0.39 is 11.6 Å². The van der Waals surface area contributed by atoms with Gasteiger partial charge < -0.3 is 18.6 Å². The zero-order valence-electron chi connectivity index (χ0n) is 18.4. The van der Waals surface area contributed by atoms with E-state index >= 15 is 0 Å². The van der Waals surface area contributed by atoms with Crippen molar-refractivity contribution in [3.63, 3.8) is 0 Å². The molecular formula is C27H19NO6. The summed E-state index contributed by atoms with van der Waals surface area (Å²) in [4.78, 5) is 24.9. The van der Waals surface area contributed by atoms with Crippen LogP contribution >= 0.6 is 0 Å². The first kappa shape index (κ1) is 22.4. The summed E-state index contributed by atoms with van der Waals surface area (Å²) in [5, 5.41) is 10.3. The molecule has 4 aromatic rings. The van der Waals surface area contributed by atoms with Crippen molar-refractivity contribution in [1.82, 2.24) is 0 Å². The van der Waals surface area contributed by atoms with Gasteiger partial charge in [0.1, 0.15) is 16.9 Å². The van der Waals surface area contributed by atoms with Gasteiger partial charge >= 0.3 is 11.6 Å². The molecule has 7 nitrogen and oxygen atoms in total. The van der Waals surface area contributed by atoms with E-state index in [1.165, 1.54) is 20.3 Å². The molecule has 0 fully saturated rings. The van der Waals surface area contributed by atoms with E-state index in [2.05, 4.69) is 6.07 Å². The zero-order chi connectivity index (χ0) is 24.1. The van der Waals surface area contributed by atoms with E-state index in [0.717, 1.165) is 0 Å². The summed E-state index contributed by atoms with van der Waals surface area (Å²) >= 11 is 0. The fourth-order valence-corrected chi connectivity index (χ4v) is 3.38. The highest BCUT2D eigenvalue weighted by Crippen LogP contribution is 2.31. The van der Waals surface area contributed by atoms with Crippen LogP contribution in [0.2, 0.25) is 0 Å². The monoisotopic (exact) mass is 453 g/mol. The lowest BCUT2D eigenvalue weighted by atomic mass is 10.0. The third-order valence-corrected chi connectivity index (χ3v) is 5.06. The Morgan fingerprint density at radius 3 is 2.50 bits per heavy atom. The Kier molecular flexibility index (Phi) is 6.42. The Morgan fingerprint density at radius 2 is 1.74 bits per heavy atom. The number of rotatable bonds is 6. The fourth-order valence-electron chi connectivity index (χ4n) is 3.38. The number of nitrogens with zero attached hydrogens (tertiary/aromatic N) is 1. The fraction of sp³-hybridized carbons (Fsp3) is 0.0741. The van der Waals surface area contributed by atoms with E-state index in [0.29, 0.717) is 39.2 Å². The van der Waals surface area contributed by atoms with Gasteiger partial charge in [0.2, 0.25) is 0 Å². The lowest BCUT2D eigenvalue weighted by Crippen LogP contribution is -2.18. The van der Waals surface area contributed by atoms with Crippen LogP contribution in [0.25, 0.3) is 22.6 Å². The standard InChI is InChI=1S/C27H19NO6/c1-31-24-11-10-18(15-25(24)32-2)20(16-28)12-17-6-5-8-21(13-17)33-26(29)22-14-19-7-3-4-9-23(19)34-27(22)30/h3-15H,1-2H3/b20-12-. The van der Waals surface area contributed by atoms with E-state index in [1.54, 1.807) is 72.8 Å². The van der Waals surface area contributed by atoms with Crippen LogP contribution < -0.4 is 19.8 Å². The molecule has 0 unspecified atom stereocenters. The molecular weight excluding hydrogens is 434 g/mol. The number of ether oxygens (including phenoxy) is 3. The van der Waals surface area contributed by atoms with E-state index in [4.69, 9.17) is 18.6 Å². The van der Waals surface area contributed by atoms with E-state index in [1.807, 2.05) is 0 Å². The number of allylic oxidation sites excluding steroid dienone is 1. The Balaban J connectivity index is 1.61. The van der Waals surface area contributed by atoms with Crippen molar-refractivity contribution in [3.05, 3.63) is 99.9 Å². The van der Waals surface area contributed by atoms with Crippen LogP contribution in [0.3, 0.4) is 0 Å². The lowest BCUT2D eigenvalue weighted by molar-refractivity contribution is 0.0730. The predicted octanol–water partition coefficient (Wildman–Crippen LogP) is 5.09. The topological polar surface area (TPSA) is 98.8 Å². The maximum atomic E-state index is 12.6. The smallest absolute Gasteiger partial charge is 0.351 e. The van der Waals surface area contributed by atoms with Crippen molar-refractivity contribution in [1.29, 1.82) is 5.26 Å². The first-order chi connectivity index (χ1) is 16.5. The highest BCUT2D eigenvalue weighted by molar-refractivity contribution is 5.94. The summed E-state index contributed by atoms with van der Waals surface area (Å²) in [5.41, 5.74) is 1.04. The van der Waals surface area contributed by atoms with Crippen molar-refractivity contribution in [2.45, 2.75) is 0 Å². The molecule has 0 atom stereocenters. The van der Waals surface area contributed by atoms with Gasteiger partial charge in [0, 0.05) is 5.39 Å². The van der Waals surface area contributed by atoms with Gasteiger partial charge in [-0.25, -0.2) is 9.59 Å². The summed E-state index contributed by atoms with van der Waals surface area (Å²) in [5.74, 6) is 0.436. The third-order valence-electron chi connectivity index (χ3n) is 5.06. The number of carbonyl (C=O) groups excluding carboxylic acids is 1. The second kappa shape index (κ2) is 9.76. The molecule has 1 aromatic heterocycles. The van der Waals surface area contributed by atoms with E-state index in [-0.39, 0.29) is 11.3 Å². The number of esters is 1. The molecule has 168 valence electrons. The second-order valence-corrected chi connectivity index (χ2v) is 7.19. The van der Waals surface area contributed by atoms with Gasteiger partial charge in [0.15, 0.2) is 11.5 Å². The van der Waals surface area contributed by atoms with Crippen molar-refractivity contribution in [3.8, 4) is 23.3 Å². The van der Waals surface area contributed by atoms with Gasteiger partial charge in [0.05, 0.1) is 25.9 Å². The van der Waals surface area contributed by atoms with Gasteiger partial charge in [-0.3, -0.25) is 0 Å². The number of hydrogen-bond donors (Lipinski definition) is 0. The molecule has 0 aliphatic rings. The Hall–Kier alpha value is -4.83. The minimum absolute atomic E-state index is 0.206. The number of para-hydroxylation sites is 1. The molecule has 0 saturated heterocycles. The molecule has 4 rings (SSSR count). The van der Waals surface area contributed by atoms with Crippen LogP contribution in [0.1, 0.15) is 21.5 Å². The van der Waals surface area contributed by atoms with Crippen molar-refractivity contribution >= 4 is 28.6 Å². The molecule has 3 aromatic carbocycles. The summed E-state index contributed by atoms with van der Waals surface area (Å²) in [6.07, 6.45) is 1.66. The minimum Gasteiger partial charge on any atom is -0.493 e. The highest BCUT2D eigenvalue weighted by atomic mass is 16.5. The normalized spacial score (nSPS) is 11.0. The predicted molar refractivity (Wildman–Crippen MR) is 127 cm³/mol. The maximum absolute atomic E-state index is 12.6. The Morgan fingerprint density at radius 1 is 0.941 bits per heavy atom. The molecule has 0 bridgehead atoms. The molecule has 0 aliphatic heterocycles. The Bertz CT molecular complexity index is 1510. The summed E-state index contributed by atoms with van der Waals surface area (Å²) in [6, 6.07) is 22.3. The van der Waals surface area contributed by atoms with Crippen LogP contribution in [0.5, 0.6) is 17.2 Å². The summed E-state index contributed by atoms with van der Waals surface area (Å²) in [6.45, 7) is 0. The van der Waals surface area contributed by atoms with Gasteiger partial charge in [-0.1, -0.05) is 30.3 Å². The van der Waals surface area contributed by atoms with Crippen LogP contribution in [0, 0.1) is 11.3 Å². The molecule has 0 N–H and O–H groups in total. The number of benzene rings is 3. The number of nitriles is 1. The summed E-state index contributed by atoms with van der Waals surface area (Å²) in [7, 11) is 3.05. The van der Waals surface area contributed by atoms with Gasteiger partial charge in [-0.05, 0) is 59.7 Å². The van der Waals surface area contributed by atoms with Gasteiger partial charge in [0.25, 0.3) is 0 Å². The average Bonchev–Trinajstić information content (AvgIpc) is 2.86. The SMILES string of the molecule is COc1ccc(/C(C#N)=C\c2cccc(OC(=O)c3cc4ccccc4oc3=O)c2)cc1OC. The second-order valence-electron chi connectivity index (χ2n) is 7.19. The quantitative estimate of drug-likeness (QED) is 0.132. The average molecular weight is 453 g/mol. The number of carbonyl (C=O) groups is 1. The van der Waals surface area contributed by atoms with Crippen molar-refractivity contribution in [2.75, 3.05) is 14.2 Å². The first-order valence-electron chi connectivity index (χ1n) is 10.2. The minimum atomic E-state index is -0.832. The molecule has 0 radical (unpaired) electrons. The molecule has 0 aliphatic carbocycles. The molecule has 0 amide bonds. The summed E-state index contributed by atoms with van der Waals surface area (Å²) < 4.78 is 21.2. The molecule has 0 spiro atoms. The third kappa shape index (κ3) is 4.66. The number of methoxy groups -OCH3 is 2. The van der Waals surface area contributed by atoms with Crippen LogP contribution in [-0.2, 0) is 0 Å². The zero-order valence-corrected chi connectivity index (χ0v) is 18.4. The van der Waals surface area contributed by atoms with Gasteiger partial charge in [-0.2, -0.15) is 5.26 Å². The maximum Gasteiger partial charge on any atom is 0.351 e. The highest BCUT2D eigenvalue weighted by Gasteiger charge is 2.16. The molecule has 7 heteroatoms. The lowest BCUT2D eigenvalue weighted by Gasteiger charge is -2.09. The first-order valence-corrected chi connectivity index (χ1v) is 10.2. The molecule has 0 saturated carbocycles. The van der Waals surface area contributed by atoms with E-state index in [9.17, 15) is 14.9 Å². The number of hydrogen-bond acceptors (Lipinski definition) is 7. The molecule has 34 heavy (non-hydrogen) atoms. The largest absolute Gasteiger partial charge is 0.493 e. The van der Waals surface area contributed by atoms with Crippen molar-refractivity contribution < 1.29 is 23.4 Å². The van der Waals surface area contributed by atoms with Gasteiger partial charge in [-0.15, -0.1) is 0 Å². The number of fused-ring (bicyclic) bond motifs is 1. The van der Waals surface area contributed by atoms with Crippen molar-refractivity contribution in [2.24, 2.45) is 0 Å². The van der Waals surface area contributed by atoms with Crippen LogP contribution in [-0.4, -0.2) is 20.2 Å². The Labute approximate surface area is 195 Å².